The van der Waals surface area contributed by atoms with E-state index in [4.69, 9.17) is 4.74 Å². The van der Waals surface area contributed by atoms with Crippen LogP contribution in [0.2, 0.25) is 0 Å². The van der Waals surface area contributed by atoms with Crippen LogP contribution in [-0.2, 0) is 14.8 Å². The number of amides is 1. The summed E-state index contributed by atoms with van der Waals surface area (Å²) in [5.74, 6) is 0.202. The minimum absolute atomic E-state index is 0.156. The molecular formula is C20H26N2O4S. The zero-order valence-corrected chi connectivity index (χ0v) is 17.0. The first-order valence-corrected chi connectivity index (χ1v) is 10.3. The Hall–Kier alpha value is -2.38. The first-order valence-electron chi connectivity index (χ1n) is 8.88. The molecule has 27 heavy (non-hydrogen) atoms. The minimum atomic E-state index is -3.52. The zero-order valence-electron chi connectivity index (χ0n) is 16.2. The van der Waals surface area contributed by atoms with E-state index >= 15 is 0 Å². The van der Waals surface area contributed by atoms with Gasteiger partial charge < -0.3 is 10.1 Å². The van der Waals surface area contributed by atoms with Gasteiger partial charge in [0.2, 0.25) is 10.0 Å². The summed E-state index contributed by atoms with van der Waals surface area (Å²) in [7, 11) is -3.52. The Morgan fingerprint density at radius 3 is 2.37 bits per heavy atom. The fraction of sp³-hybridized carbons (Fsp3) is 0.350. The van der Waals surface area contributed by atoms with Gasteiger partial charge in [-0.25, -0.2) is 8.42 Å². The van der Waals surface area contributed by atoms with Crippen LogP contribution in [-0.4, -0.2) is 38.3 Å². The van der Waals surface area contributed by atoms with Crippen molar-refractivity contribution in [3.63, 3.8) is 0 Å². The predicted octanol–water partition coefficient (Wildman–Crippen LogP) is 3.35. The molecule has 0 bridgehead atoms. The summed E-state index contributed by atoms with van der Waals surface area (Å²) in [5, 5.41) is 2.77. The average molecular weight is 391 g/mol. The van der Waals surface area contributed by atoms with Gasteiger partial charge in [-0.1, -0.05) is 26.0 Å². The number of sulfonamides is 1. The van der Waals surface area contributed by atoms with E-state index in [9.17, 15) is 13.2 Å². The number of carbonyl (C=O) groups is 1. The number of carbonyl (C=O) groups excluding carboxylic acids is 1. The molecule has 7 heteroatoms. The first kappa shape index (κ1) is 20.9. The molecule has 0 radical (unpaired) electrons. The third-order valence-corrected chi connectivity index (χ3v) is 6.20. The molecule has 0 aliphatic carbocycles. The zero-order chi connectivity index (χ0) is 20.0. The SMILES string of the molecule is CCN(CC)S(=O)(=O)c1ccc(OCC(=O)Nc2cccc(C)c2)c(C)c1. The maximum Gasteiger partial charge on any atom is 0.262 e. The number of nitrogens with zero attached hydrogens (tertiary/aromatic N) is 1. The van der Waals surface area contributed by atoms with Crippen LogP contribution in [0.15, 0.2) is 47.4 Å². The van der Waals surface area contributed by atoms with Crippen molar-refractivity contribution in [3.8, 4) is 5.75 Å². The lowest BCUT2D eigenvalue weighted by Crippen LogP contribution is -2.30. The van der Waals surface area contributed by atoms with Gasteiger partial charge >= 0.3 is 0 Å². The van der Waals surface area contributed by atoms with Crippen molar-refractivity contribution in [1.82, 2.24) is 4.31 Å². The van der Waals surface area contributed by atoms with Crippen LogP contribution in [0.5, 0.6) is 5.75 Å². The summed E-state index contributed by atoms with van der Waals surface area (Å²) in [4.78, 5) is 12.3. The second-order valence-electron chi connectivity index (χ2n) is 6.22. The van der Waals surface area contributed by atoms with Crippen LogP contribution in [0, 0.1) is 13.8 Å². The highest BCUT2D eigenvalue weighted by Gasteiger charge is 2.22. The topological polar surface area (TPSA) is 75.7 Å². The van der Waals surface area contributed by atoms with E-state index < -0.39 is 10.0 Å². The molecule has 6 nitrogen and oxygen atoms in total. The predicted molar refractivity (Wildman–Crippen MR) is 107 cm³/mol. The number of ether oxygens (including phenoxy) is 1. The van der Waals surface area contributed by atoms with Crippen molar-refractivity contribution in [2.45, 2.75) is 32.6 Å². The molecule has 1 amide bonds. The van der Waals surface area contributed by atoms with Crippen LogP contribution in [0.1, 0.15) is 25.0 Å². The van der Waals surface area contributed by atoms with E-state index in [1.54, 1.807) is 32.9 Å². The summed E-state index contributed by atoms with van der Waals surface area (Å²) < 4.78 is 32.1. The Morgan fingerprint density at radius 2 is 1.78 bits per heavy atom. The maximum absolute atomic E-state index is 12.6. The number of hydrogen-bond donors (Lipinski definition) is 1. The van der Waals surface area contributed by atoms with E-state index in [1.807, 2.05) is 31.2 Å². The van der Waals surface area contributed by atoms with Crippen molar-refractivity contribution in [2.24, 2.45) is 0 Å². The van der Waals surface area contributed by atoms with E-state index in [1.165, 1.54) is 10.4 Å². The molecule has 0 aliphatic rings. The Balaban J connectivity index is 2.05. The highest BCUT2D eigenvalue weighted by atomic mass is 32.2. The summed E-state index contributed by atoms with van der Waals surface area (Å²) in [6.45, 7) is 7.98. The average Bonchev–Trinajstić information content (AvgIpc) is 2.61. The molecule has 0 aliphatic heterocycles. The van der Waals surface area contributed by atoms with E-state index in [0.717, 1.165) is 5.56 Å². The van der Waals surface area contributed by atoms with Crippen molar-refractivity contribution in [2.75, 3.05) is 25.0 Å². The van der Waals surface area contributed by atoms with Gasteiger partial charge in [-0.3, -0.25) is 4.79 Å². The Labute approximate surface area is 161 Å². The molecule has 2 aromatic rings. The quantitative estimate of drug-likeness (QED) is 0.750. The van der Waals surface area contributed by atoms with Crippen molar-refractivity contribution < 1.29 is 17.9 Å². The van der Waals surface area contributed by atoms with Crippen LogP contribution in [0.4, 0.5) is 5.69 Å². The molecule has 0 aromatic heterocycles. The number of nitrogens with one attached hydrogen (secondary N) is 1. The van der Waals surface area contributed by atoms with Crippen molar-refractivity contribution >= 4 is 21.6 Å². The van der Waals surface area contributed by atoms with Crippen LogP contribution in [0.3, 0.4) is 0 Å². The highest BCUT2D eigenvalue weighted by molar-refractivity contribution is 7.89. The maximum atomic E-state index is 12.6. The van der Waals surface area contributed by atoms with Gasteiger partial charge in [0.05, 0.1) is 4.90 Å². The molecule has 2 rings (SSSR count). The fourth-order valence-corrected chi connectivity index (χ4v) is 4.26. The lowest BCUT2D eigenvalue weighted by Gasteiger charge is -2.19. The van der Waals surface area contributed by atoms with Crippen molar-refractivity contribution in [1.29, 1.82) is 0 Å². The lowest BCUT2D eigenvalue weighted by atomic mass is 10.2. The largest absolute Gasteiger partial charge is 0.483 e. The summed E-state index contributed by atoms with van der Waals surface area (Å²) >= 11 is 0. The number of hydrogen-bond acceptors (Lipinski definition) is 4. The van der Waals surface area contributed by atoms with Gasteiger partial charge in [0.1, 0.15) is 5.75 Å². The van der Waals surface area contributed by atoms with Crippen molar-refractivity contribution in [3.05, 3.63) is 53.6 Å². The Kier molecular flexibility index (Phi) is 6.98. The second-order valence-corrected chi connectivity index (χ2v) is 8.16. The van der Waals surface area contributed by atoms with E-state index in [2.05, 4.69) is 5.32 Å². The highest BCUT2D eigenvalue weighted by Crippen LogP contribution is 2.24. The molecule has 0 spiro atoms. The first-order chi connectivity index (χ1) is 12.8. The molecule has 0 unspecified atom stereocenters. The van der Waals surface area contributed by atoms with Gasteiger partial charge in [0.15, 0.2) is 6.61 Å². The van der Waals surface area contributed by atoms with E-state index in [-0.39, 0.29) is 17.4 Å². The smallest absolute Gasteiger partial charge is 0.262 e. The summed E-state index contributed by atoms with van der Waals surface area (Å²) in [6, 6.07) is 12.2. The number of rotatable bonds is 8. The van der Waals surface area contributed by atoms with Crippen LogP contribution < -0.4 is 10.1 Å². The van der Waals surface area contributed by atoms with E-state index in [0.29, 0.717) is 30.1 Å². The molecule has 0 heterocycles. The Morgan fingerprint density at radius 1 is 1.07 bits per heavy atom. The Bertz CT molecular complexity index is 906. The lowest BCUT2D eigenvalue weighted by molar-refractivity contribution is -0.118. The standard InChI is InChI=1S/C20H26N2O4S/c1-5-22(6-2)27(24,25)18-10-11-19(16(4)13-18)26-14-20(23)21-17-9-7-8-15(3)12-17/h7-13H,5-6,14H2,1-4H3,(H,21,23). The molecule has 2 aromatic carbocycles. The van der Waals surface area contributed by atoms with Crippen LogP contribution >= 0.6 is 0 Å². The number of aryl methyl sites for hydroxylation is 2. The molecule has 146 valence electrons. The third kappa shape index (κ3) is 5.30. The second kappa shape index (κ2) is 9.01. The fourth-order valence-electron chi connectivity index (χ4n) is 2.72. The molecule has 0 atom stereocenters. The van der Waals surface area contributed by atoms with Gasteiger partial charge in [0.25, 0.3) is 5.91 Å². The van der Waals surface area contributed by atoms with Crippen LogP contribution in [0.25, 0.3) is 0 Å². The third-order valence-electron chi connectivity index (χ3n) is 4.15. The van der Waals surface area contributed by atoms with Gasteiger partial charge in [-0.2, -0.15) is 4.31 Å². The van der Waals surface area contributed by atoms with Gasteiger partial charge in [-0.15, -0.1) is 0 Å². The molecule has 0 saturated heterocycles. The molecule has 0 saturated carbocycles. The van der Waals surface area contributed by atoms with Gasteiger partial charge in [0, 0.05) is 18.8 Å². The normalized spacial score (nSPS) is 11.4. The molecule has 1 N–H and O–H groups in total. The number of anilines is 1. The summed E-state index contributed by atoms with van der Waals surface area (Å²) in [6.07, 6.45) is 0. The number of benzene rings is 2. The van der Waals surface area contributed by atoms with Gasteiger partial charge in [-0.05, 0) is 55.3 Å². The monoisotopic (exact) mass is 390 g/mol. The summed E-state index contributed by atoms with van der Waals surface area (Å²) in [5.41, 5.74) is 2.42. The molecule has 0 fully saturated rings. The molecular weight excluding hydrogens is 364 g/mol. The minimum Gasteiger partial charge on any atom is -0.483 e.